The Balaban J connectivity index is 3.21. The van der Waals surface area contributed by atoms with Crippen LogP contribution in [0, 0.1) is 0 Å². The van der Waals surface area contributed by atoms with Gasteiger partial charge in [-0.15, -0.1) is 11.8 Å². The van der Waals surface area contributed by atoms with E-state index in [1.54, 1.807) is 0 Å². The van der Waals surface area contributed by atoms with E-state index in [0.29, 0.717) is 0 Å². The highest BCUT2D eigenvalue weighted by Crippen LogP contribution is 2.34. The molecule has 0 N–H and O–H groups in total. The van der Waals surface area contributed by atoms with Gasteiger partial charge in [-0.25, -0.2) is 0 Å². The van der Waals surface area contributed by atoms with E-state index in [0.717, 1.165) is 4.58 Å². The molecule has 1 unspecified atom stereocenters. The lowest BCUT2D eigenvalue weighted by atomic mass is 10.6. The normalized spacial score (nSPS) is 13.5. The summed E-state index contributed by atoms with van der Waals surface area (Å²) in [5, 5.41) is 0. The molecule has 0 aliphatic heterocycles. The van der Waals surface area contributed by atoms with Gasteiger partial charge >= 0.3 is 0 Å². The fourth-order valence-corrected chi connectivity index (χ4v) is 4.43. The van der Waals surface area contributed by atoms with Gasteiger partial charge in [0.15, 0.2) is 0 Å². The summed E-state index contributed by atoms with van der Waals surface area (Å²) in [6.07, 6.45) is 4.74. The minimum atomic E-state index is 0.815. The summed E-state index contributed by atoms with van der Waals surface area (Å²) < 4.78 is 0.815. The van der Waals surface area contributed by atoms with Gasteiger partial charge < -0.3 is 0 Å². The molecule has 0 aliphatic rings. The highest BCUT2D eigenvalue weighted by Gasteiger charge is 2.04. The minimum Gasteiger partial charge on any atom is -0.147 e. The van der Waals surface area contributed by atoms with E-state index in [-0.39, 0.29) is 0 Å². The second-order valence-electron chi connectivity index (χ2n) is 1.97. The summed E-state index contributed by atoms with van der Waals surface area (Å²) in [4.78, 5) is 0. The Bertz CT molecular complexity index is 65.9. The Morgan fingerprint density at radius 2 is 2.00 bits per heavy atom. The van der Waals surface area contributed by atoms with Crippen LogP contribution in [0.2, 0.25) is 0 Å². The van der Waals surface area contributed by atoms with Crippen molar-refractivity contribution in [3.8, 4) is 0 Å². The van der Waals surface area contributed by atoms with Crippen molar-refractivity contribution in [2.45, 2.75) is 31.3 Å². The van der Waals surface area contributed by atoms with E-state index in [1.807, 2.05) is 21.6 Å². The van der Waals surface area contributed by atoms with E-state index >= 15 is 0 Å². The standard InChI is InChI=1S/C7H16S3/c1-4-6-9-7(5-2)10-8-3/h7H,4-6H2,1-3H3. The van der Waals surface area contributed by atoms with E-state index in [4.69, 9.17) is 0 Å². The van der Waals surface area contributed by atoms with Crippen LogP contribution in [0.1, 0.15) is 26.7 Å². The molecule has 0 bridgehead atoms. The van der Waals surface area contributed by atoms with Crippen molar-refractivity contribution in [2.24, 2.45) is 0 Å². The third kappa shape index (κ3) is 5.81. The van der Waals surface area contributed by atoms with Crippen LogP contribution in [0.4, 0.5) is 0 Å². The minimum absolute atomic E-state index is 0.815. The van der Waals surface area contributed by atoms with Crippen molar-refractivity contribution in [3.05, 3.63) is 0 Å². The first-order chi connectivity index (χ1) is 4.85. The molecule has 0 spiro atoms. The second kappa shape index (κ2) is 8.15. The van der Waals surface area contributed by atoms with Gasteiger partial charge in [-0.3, -0.25) is 0 Å². The zero-order valence-corrected chi connectivity index (χ0v) is 9.37. The first-order valence-corrected chi connectivity index (χ1v) is 7.33. The predicted octanol–water partition coefficient (Wildman–Crippen LogP) is 3.88. The average molecular weight is 196 g/mol. The van der Waals surface area contributed by atoms with Gasteiger partial charge in [0.05, 0.1) is 4.58 Å². The molecular formula is C7H16S3. The maximum absolute atomic E-state index is 2.26. The smallest absolute Gasteiger partial charge is 0.0603 e. The summed E-state index contributed by atoms with van der Waals surface area (Å²) >= 11 is 2.09. The van der Waals surface area contributed by atoms with Crippen LogP contribution in [0.3, 0.4) is 0 Å². The van der Waals surface area contributed by atoms with Gasteiger partial charge in [-0.05, 0) is 24.9 Å². The lowest BCUT2D eigenvalue weighted by Crippen LogP contribution is -1.92. The molecule has 1 atom stereocenters. The first-order valence-electron chi connectivity index (χ1n) is 3.66. The fraction of sp³-hybridized carbons (Fsp3) is 1.00. The SMILES string of the molecule is CCCSC(CC)SSC. The van der Waals surface area contributed by atoms with Gasteiger partial charge in [0, 0.05) is 0 Å². The van der Waals surface area contributed by atoms with Crippen molar-refractivity contribution >= 4 is 33.3 Å². The van der Waals surface area contributed by atoms with Crippen LogP contribution < -0.4 is 0 Å². The van der Waals surface area contributed by atoms with E-state index < -0.39 is 0 Å². The highest BCUT2D eigenvalue weighted by atomic mass is 33.1. The maximum atomic E-state index is 2.26. The molecule has 0 aromatic rings. The molecule has 0 amide bonds. The lowest BCUT2D eigenvalue weighted by Gasteiger charge is -2.10. The molecule has 0 aliphatic carbocycles. The fourth-order valence-electron chi connectivity index (χ4n) is 0.570. The molecular weight excluding hydrogens is 180 g/mol. The Morgan fingerprint density at radius 1 is 1.30 bits per heavy atom. The molecule has 3 heteroatoms. The lowest BCUT2D eigenvalue weighted by molar-refractivity contribution is 1.04. The van der Waals surface area contributed by atoms with Gasteiger partial charge in [-0.2, -0.15) is 0 Å². The topological polar surface area (TPSA) is 0 Å². The monoisotopic (exact) mass is 196 g/mol. The molecule has 0 aromatic heterocycles. The number of thioether (sulfide) groups is 1. The molecule has 0 saturated carbocycles. The van der Waals surface area contributed by atoms with Crippen LogP contribution in [0.15, 0.2) is 0 Å². The molecule has 0 aromatic carbocycles. The van der Waals surface area contributed by atoms with Crippen molar-refractivity contribution < 1.29 is 0 Å². The van der Waals surface area contributed by atoms with Crippen molar-refractivity contribution in [2.75, 3.05) is 12.0 Å². The summed E-state index contributed by atoms with van der Waals surface area (Å²) in [6, 6.07) is 0. The van der Waals surface area contributed by atoms with Gasteiger partial charge in [-0.1, -0.05) is 35.4 Å². The van der Waals surface area contributed by atoms with Crippen LogP contribution in [-0.4, -0.2) is 16.6 Å². The average Bonchev–Trinajstić information content (AvgIpc) is 1.98. The van der Waals surface area contributed by atoms with E-state index in [9.17, 15) is 0 Å². The Morgan fingerprint density at radius 3 is 2.40 bits per heavy atom. The zero-order chi connectivity index (χ0) is 7.82. The number of hydrogen-bond donors (Lipinski definition) is 0. The van der Waals surface area contributed by atoms with Crippen LogP contribution in [-0.2, 0) is 0 Å². The van der Waals surface area contributed by atoms with Gasteiger partial charge in [0.1, 0.15) is 0 Å². The molecule has 0 heterocycles. The predicted molar refractivity (Wildman–Crippen MR) is 57.9 cm³/mol. The van der Waals surface area contributed by atoms with Crippen molar-refractivity contribution in [1.29, 1.82) is 0 Å². The van der Waals surface area contributed by atoms with Gasteiger partial charge in [0.25, 0.3) is 0 Å². The molecule has 0 nitrogen and oxygen atoms in total. The van der Waals surface area contributed by atoms with E-state index in [1.165, 1.54) is 18.6 Å². The van der Waals surface area contributed by atoms with E-state index in [2.05, 4.69) is 31.9 Å². The molecule has 0 saturated heterocycles. The molecule has 0 fully saturated rings. The summed E-state index contributed by atoms with van der Waals surface area (Å²) in [5.74, 6) is 1.31. The summed E-state index contributed by atoms with van der Waals surface area (Å²) in [6.45, 7) is 4.50. The van der Waals surface area contributed by atoms with Crippen molar-refractivity contribution in [3.63, 3.8) is 0 Å². The van der Waals surface area contributed by atoms with Crippen LogP contribution in [0.5, 0.6) is 0 Å². The van der Waals surface area contributed by atoms with Gasteiger partial charge in [0.2, 0.25) is 0 Å². The number of hydrogen-bond acceptors (Lipinski definition) is 3. The Hall–Kier alpha value is 1.05. The number of rotatable bonds is 6. The van der Waals surface area contributed by atoms with Crippen LogP contribution >= 0.6 is 33.3 Å². The molecule has 0 rings (SSSR count). The highest BCUT2D eigenvalue weighted by molar-refractivity contribution is 8.78. The third-order valence-corrected chi connectivity index (χ3v) is 5.47. The molecule has 0 radical (unpaired) electrons. The zero-order valence-electron chi connectivity index (χ0n) is 6.92. The second-order valence-corrected chi connectivity index (χ2v) is 6.25. The van der Waals surface area contributed by atoms with Crippen LogP contribution in [0.25, 0.3) is 0 Å². The maximum Gasteiger partial charge on any atom is 0.0603 e. The molecule has 10 heavy (non-hydrogen) atoms. The Labute approximate surface area is 76.7 Å². The largest absolute Gasteiger partial charge is 0.147 e. The summed E-state index contributed by atoms with van der Waals surface area (Å²) in [5.41, 5.74) is 0. The van der Waals surface area contributed by atoms with Crippen molar-refractivity contribution in [1.82, 2.24) is 0 Å². The summed E-state index contributed by atoms with van der Waals surface area (Å²) in [7, 11) is 3.88. The Kier molecular flexibility index (Phi) is 9.01. The first kappa shape index (κ1) is 11.1. The third-order valence-electron chi connectivity index (χ3n) is 1.04. The molecule has 62 valence electrons. The quantitative estimate of drug-likeness (QED) is 0.467.